The number of hydrogen-bond donors (Lipinski definition) is 0. The summed E-state index contributed by atoms with van der Waals surface area (Å²) in [6.45, 7) is 3.63. The van der Waals surface area contributed by atoms with Crippen molar-refractivity contribution < 1.29 is 9.32 Å². The minimum absolute atomic E-state index is 0.0271. The summed E-state index contributed by atoms with van der Waals surface area (Å²) in [7, 11) is 0. The van der Waals surface area contributed by atoms with Crippen molar-refractivity contribution in [2.45, 2.75) is 19.8 Å². The highest BCUT2D eigenvalue weighted by molar-refractivity contribution is 7.13. The van der Waals surface area contributed by atoms with Crippen LogP contribution in [0.1, 0.15) is 28.8 Å². The lowest BCUT2D eigenvalue weighted by molar-refractivity contribution is 0.0794. The topological polar surface area (TPSA) is 59.2 Å². The molecule has 1 fully saturated rings. The average Bonchev–Trinajstić information content (AvgIpc) is 3.48. The summed E-state index contributed by atoms with van der Waals surface area (Å²) in [4.78, 5) is 20.9. The van der Waals surface area contributed by atoms with E-state index in [0.717, 1.165) is 42.1 Å². The molecular formula is C22H19N3O2S. The van der Waals surface area contributed by atoms with Gasteiger partial charge in [-0.2, -0.15) is 0 Å². The molecule has 0 unspecified atom stereocenters. The van der Waals surface area contributed by atoms with Crippen molar-refractivity contribution in [2.24, 2.45) is 0 Å². The molecule has 6 heteroatoms. The number of nitrogens with zero attached hydrogens (tertiary/aromatic N) is 3. The lowest BCUT2D eigenvalue weighted by Crippen LogP contribution is -2.27. The first-order valence-corrected chi connectivity index (χ1v) is 10.3. The molecule has 0 N–H and O–H groups in total. The smallest absolute Gasteiger partial charge is 0.259 e. The SMILES string of the molecule is Cc1ccc(-c2noc3nc(-c4cccs4)cc(C(=O)N4CCCC4)c23)cc1. The van der Waals surface area contributed by atoms with Crippen LogP contribution in [-0.2, 0) is 0 Å². The van der Waals surface area contributed by atoms with E-state index in [0.29, 0.717) is 22.4 Å². The third-order valence-corrected chi connectivity index (χ3v) is 6.06. The molecule has 1 saturated heterocycles. The molecule has 0 spiro atoms. The van der Waals surface area contributed by atoms with Gasteiger partial charge in [-0.3, -0.25) is 4.79 Å². The molecule has 140 valence electrons. The lowest BCUT2D eigenvalue weighted by atomic mass is 10.0. The molecule has 1 amide bonds. The highest BCUT2D eigenvalue weighted by atomic mass is 32.1. The van der Waals surface area contributed by atoms with E-state index in [1.807, 2.05) is 59.7 Å². The summed E-state index contributed by atoms with van der Waals surface area (Å²) < 4.78 is 5.60. The number of rotatable bonds is 3. The number of carbonyl (C=O) groups excluding carboxylic acids is 1. The van der Waals surface area contributed by atoms with Crippen molar-refractivity contribution in [3.8, 4) is 21.8 Å². The molecular weight excluding hydrogens is 370 g/mol. The van der Waals surface area contributed by atoms with E-state index in [-0.39, 0.29) is 5.91 Å². The fraction of sp³-hybridized carbons (Fsp3) is 0.227. The van der Waals surface area contributed by atoms with E-state index in [4.69, 9.17) is 4.52 Å². The number of pyridine rings is 1. The van der Waals surface area contributed by atoms with Crippen LogP contribution in [0.15, 0.2) is 52.4 Å². The summed E-state index contributed by atoms with van der Waals surface area (Å²) >= 11 is 1.59. The number of hydrogen-bond acceptors (Lipinski definition) is 5. The molecule has 5 nitrogen and oxygen atoms in total. The number of aryl methyl sites for hydroxylation is 1. The van der Waals surface area contributed by atoms with Crippen LogP contribution in [0.2, 0.25) is 0 Å². The van der Waals surface area contributed by atoms with Gasteiger partial charge in [0, 0.05) is 18.7 Å². The third-order valence-electron chi connectivity index (χ3n) is 5.17. The molecule has 0 atom stereocenters. The van der Waals surface area contributed by atoms with Gasteiger partial charge in [-0.1, -0.05) is 41.1 Å². The molecule has 4 heterocycles. The second-order valence-corrected chi connectivity index (χ2v) is 8.06. The predicted molar refractivity (Wildman–Crippen MR) is 110 cm³/mol. The van der Waals surface area contributed by atoms with Crippen LogP contribution in [0.25, 0.3) is 32.9 Å². The Kier molecular flexibility index (Phi) is 4.20. The Bertz CT molecular complexity index is 1140. The van der Waals surface area contributed by atoms with E-state index in [9.17, 15) is 4.79 Å². The summed E-state index contributed by atoms with van der Waals surface area (Å²) in [5.74, 6) is 0.0271. The summed E-state index contributed by atoms with van der Waals surface area (Å²) in [5.41, 5.74) is 4.53. The number of likely N-dealkylation sites (tertiary alicyclic amines) is 1. The number of benzene rings is 1. The van der Waals surface area contributed by atoms with Gasteiger partial charge in [-0.05, 0) is 37.3 Å². The van der Waals surface area contributed by atoms with Gasteiger partial charge in [-0.25, -0.2) is 4.98 Å². The van der Waals surface area contributed by atoms with Gasteiger partial charge in [0.05, 0.1) is 21.5 Å². The van der Waals surface area contributed by atoms with Crippen LogP contribution in [0, 0.1) is 6.92 Å². The number of amides is 1. The molecule has 0 aliphatic carbocycles. The predicted octanol–water partition coefficient (Wildman–Crippen LogP) is 5.16. The summed E-state index contributed by atoms with van der Waals surface area (Å²) in [5, 5.41) is 6.98. The largest absolute Gasteiger partial charge is 0.339 e. The second kappa shape index (κ2) is 6.87. The van der Waals surface area contributed by atoms with Gasteiger partial charge in [0.1, 0.15) is 5.69 Å². The van der Waals surface area contributed by atoms with E-state index in [2.05, 4.69) is 10.1 Å². The quantitative estimate of drug-likeness (QED) is 0.485. The van der Waals surface area contributed by atoms with Crippen molar-refractivity contribution >= 4 is 28.3 Å². The Labute approximate surface area is 166 Å². The Morgan fingerprint density at radius 1 is 1.14 bits per heavy atom. The highest BCUT2D eigenvalue weighted by Crippen LogP contribution is 2.34. The fourth-order valence-electron chi connectivity index (χ4n) is 3.67. The maximum Gasteiger partial charge on any atom is 0.259 e. The zero-order valence-electron chi connectivity index (χ0n) is 15.5. The van der Waals surface area contributed by atoms with Crippen LogP contribution in [-0.4, -0.2) is 34.0 Å². The normalized spacial score (nSPS) is 14.1. The Morgan fingerprint density at radius 3 is 2.64 bits per heavy atom. The summed E-state index contributed by atoms with van der Waals surface area (Å²) in [6.07, 6.45) is 2.10. The Hall–Kier alpha value is -2.99. The second-order valence-electron chi connectivity index (χ2n) is 7.11. The zero-order valence-corrected chi connectivity index (χ0v) is 16.3. The van der Waals surface area contributed by atoms with Crippen LogP contribution in [0.4, 0.5) is 0 Å². The first-order chi connectivity index (χ1) is 13.7. The molecule has 28 heavy (non-hydrogen) atoms. The first-order valence-electron chi connectivity index (χ1n) is 9.41. The molecule has 3 aromatic heterocycles. The van der Waals surface area contributed by atoms with E-state index in [1.165, 1.54) is 5.56 Å². The number of carbonyl (C=O) groups is 1. The Morgan fingerprint density at radius 2 is 1.93 bits per heavy atom. The molecule has 0 bridgehead atoms. The van der Waals surface area contributed by atoms with Crippen LogP contribution < -0.4 is 0 Å². The standard InChI is InChI=1S/C22H19N3O2S/c1-14-6-8-15(9-7-14)20-19-16(22(26)25-10-2-3-11-25)13-17(18-5-4-12-28-18)23-21(19)27-24-20/h4-9,12-13H,2-3,10-11H2,1H3. The van der Waals surface area contributed by atoms with Gasteiger partial charge in [-0.15, -0.1) is 11.3 Å². The van der Waals surface area contributed by atoms with E-state index >= 15 is 0 Å². The Balaban J connectivity index is 1.73. The molecule has 4 aromatic rings. The lowest BCUT2D eigenvalue weighted by Gasteiger charge is -2.16. The average molecular weight is 389 g/mol. The third kappa shape index (κ3) is 2.90. The molecule has 1 aliphatic heterocycles. The summed E-state index contributed by atoms with van der Waals surface area (Å²) in [6, 6.07) is 13.9. The molecule has 1 aliphatic rings. The van der Waals surface area contributed by atoms with Crippen molar-refractivity contribution in [1.29, 1.82) is 0 Å². The van der Waals surface area contributed by atoms with Crippen molar-refractivity contribution in [2.75, 3.05) is 13.1 Å². The first kappa shape index (κ1) is 17.1. The van der Waals surface area contributed by atoms with Crippen LogP contribution in [0.3, 0.4) is 0 Å². The minimum atomic E-state index is 0.0271. The maximum absolute atomic E-state index is 13.4. The number of thiophene rings is 1. The van der Waals surface area contributed by atoms with Gasteiger partial charge in [0.25, 0.3) is 11.6 Å². The molecule has 0 saturated carbocycles. The van der Waals surface area contributed by atoms with Crippen molar-refractivity contribution in [3.63, 3.8) is 0 Å². The van der Waals surface area contributed by atoms with Gasteiger partial charge in [0.15, 0.2) is 0 Å². The monoisotopic (exact) mass is 389 g/mol. The fourth-order valence-corrected chi connectivity index (χ4v) is 4.36. The van der Waals surface area contributed by atoms with E-state index < -0.39 is 0 Å². The number of fused-ring (bicyclic) bond motifs is 1. The van der Waals surface area contributed by atoms with Crippen molar-refractivity contribution in [3.05, 3.63) is 59.0 Å². The van der Waals surface area contributed by atoms with Gasteiger partial charge >= 0.3 is 0 Å². The minimum Gasteiger partial charge on any atom is -0.339 e. The van der Waals surface area contributed by atoms with Crippen molar-refractivity contribution in [1.82, 2.24) is 15.0 Å². The molecule has 5 rings (SSSR count). The van der Waals surface area contributed by atoms with Crippen LogP contribution in [0.5, 0.6) is 0 Å². The molecule has 0 radical (unpaired) electrons. The van der Waals surface area contributed by atoms with E-state index in [1.54, 1.807) is 11.3 Å². The number of aromatic nitrogens is 2. The maximum atomic E-state index is 13.4. The molecule has 1 aromatic carbocycles. The van der Waals surface area contributed by atoms with Gasteiger partial charge in [0.2, 0.25) is 0 Å². The van der Waals surface area contributed by atoms with Crippen LogP contribution >= 0.6 is 11.3 Å². The zero-order chi connectivity index (χ0) is 19.1. The van der Waals surface area contributed by atoms with Gasteiger partial charge < -0.3 is 9.42 Å². The highest BCUT2D eigenvalue weighted by Gasteiger charge is 2.26.